The summed E-state index contributed by atoms with van der Waals surface area (Å²) >= 11 is 0. The molecule has 1 unspecified atom stereocenters. The summed E-state index contributed by atoms with van der Waals surface area (Å²) < 4.78 is 10.4. The molecule has 32 heavy (non-hydrogen) atoms. The smallest absolute Gasteiger partial charge is 0.227 e. The van der Waals surface area contributed by atoms with E-state index >= 15 is 0 Å². The second kappa shape index (κ2) is 9.69. The van der Waals surface area contributed by atoms with Crippen LogP contribution in [0.25, 0.3) is 11.3 Å². The van der Waals surface area contributed by atoms with Crippen LogP contribution in [0.1, 0.15) is 13.3 Å². The molecule has 3 heterocycles. The molecule has 3 aromatic rings. The van der Waals surface area contributed by atoms with E-state index in [0.29, 0.717) is 23.4 Å². The lowest BCUT2D eigenvalue weighted by atomic mass is 10.1. The fourth-order valence-corrected chi connectivity index (χ4v) is 3.76. The first-order chi connectivity index (χ1) is 15.6. The fourth-order valence-electron chi connectivity index (χ4n) is 3.76. The minimum atomic E-state index is -0.0384. The van der Waals surface area contributed by atoms with Crippen LogP contribution in [0.2, 0.25) is 0 Å². The molecule has 168 valence electrons. The molecular formula is C23H28N6O3. The topological polar surface area (TPSA) is 105 Å². The van der Waals surface area contributed by atoms with E-state index in [4.69, 9.17) is 9.47 Å². The predicted octanol–water partition coefficient (Wildman–Crippen LogP) is 3.19. The first-order valence-electron chi connectivity index (χ1n) is 10.6. The highest BCUT2D eigenvalue weighted by molar-refractivity contribution is 5.67. The third-order valence-electron chi connectivity index (χ3n) is 5.49. The molecule has 1 aliphatic heterocycles. The average molecular weight is 437 g/mol. The van der Waals surface area contributed by atoms with Gasteiger partial charge in [-0.3, -0.25) is 0 Å². The van der Waals surface area contributed by atoms with Crippen LogP contribution in [-0.4, -0.2) is 60.0 Å². The fraction of sp³-hybridized carbons (Fsp3) is 0.348. The van der Waals surface area contributed by atoms with Gasteiger partial charge in [0.05, 0.1) is 19.9 Å². The number of rotatable bonds is 7. The van der Waals surface area contributed by atoms with Crippen molar-refractivity contribution in [3.05, 3.63) is 42.7 Å². The molecule has 0 spiro atoms. The van der Waals surface area contributed by atoms with Gasteiger partial charge in [0.1, 0.15) is 5.82 Å². The largest absolute Gasteiger partial charge is 0.504 e. The van der Waals surface area contributed by atoms with Gasteiger partial charge in [0, 0.05) is 61.5 Å². The van der Waals surface area contributed by atoms with Gasteiger partial charge in [-0.15, -0.1) is 0 Å². The monoisotopic (exact) mass is 436 g/mol. The van der Waals surface area contributed by atoms with E-state index in [2.05, 4.69) is 37.4 Å². The van der Waals surface area contributed by atoms with E-state index in [1.807, 2.05) is 24.4 Å². The van der Waals surface area contributed by atoms with Crippen molar-refractivity contribution in [1.29, 1.82) is 0 Å². The summed E-state index contributed by atoms with van der Waals surface area (Å²) in [6.07, 6.45) is 4.62. The Labute approximate surface area is 187 Å². The van der Waals surface area contributed by atoms with Crippen molar-refractivity contribution in [3.8, 4) is 28.5 Å². The Bertz CT molecular complexity index is 1060. The quantitative estimate of drug-likeness (QED) is 0.515. The van der Waals surface area contributed by atoms with Crippen molar-refractivity contribution in [1.82, 2.24) is 20.3 Å². The van der Waals surface area contributed by atoms with Gasteiger partial charge in [0.15, 0.2) is 11.5 Å². The lowest BCUT2D eigenvalue weighted by Crippen LogP contribution is -2.50. The lowest BCUT2D eigenvalue weighted by Gasteiger charge is -2.34. The molecular weight excluding hydrogens is 408 g/mol. The second-order valence-electron chi connectivity index (χ2n) is 7.53. The van der Waals surface area contributed by atoms with Crippen LogP contribution >= 0.6 is 0 Å². The van der Waals surface area contributed by atoms with Crippen LogP contribution in [0.5, 0.6) is 17.2 Å². The van der Waals surface area contributed by atoms with Crippen molar-refractivity contribution < 1.29 is 14.6 Å². The molecule has 1 saturated heterocycles. The molecule has 4 rings (SSSR count). The van der Waals surface area contributed by atoms with Crippen molar-refractivity contribution in [2.75, 3.05) is 44.1 Å². The number of aromatic nitrogens is 3. The van der Waals surface area contributed by atoms with Crippen LogP contribution in [-0.2, 0) is 0 Å². The van der Waals surface area contributed by atoms with E-state index in [0.717, 1.165) is 43.1 Å². The maximum absolute atomic E-state index is 10.2. The highest BCUT2D eigenvalue weighted by atomic mass is 16.5. The third-order valence-corrected chi connectivity index (χ3v) is 5.49. The molecule has 0 radical (unpaired) electrons. The number of aromatic hydroxyl groups is 1. The molecule has 1 atom stereocenters. The number of hydrogen-bond donors (Lipinski definition) is 3. The molecule has 1 aliphatic rings. The molecule has 3 N–H and O–H groups in total. The first kappa shape index (κ1) is 21.6. The van der Waals surface area contributed by atoms with Gasteiger partial charge in [-0.25, -0.2) is 15.0 Å². The molecule has 0 amide bonds. The Morgan fingerprint density at radius 1 is 1.19 bits per heavy atom. The van der Waals surface area contributed by atoms with Crippen LogP contribution in [0.3, 0.4) is 0 Å². The number of piperazine rings is 1. The van der Waals surface area contributed by atoms with E-state index in [9.17, 15) is 5.11 Å². The Balaban J connectivity index is 1.51. The van der Waals surface area contributed by atoms with Crippen molar-refractivity contribution in [2.45, 2.75) is 19.4 Å². The number of pyridine rings is 1. The molecule has 9 nitrogen and oxygen atoms in total. The summed E-state index contributed by atoms with van der Waals surface area (Å²) in [7, 11) is 2.98. The number of benzene rings is 1. The molecule has 0 aliphatic carbocycles. The maximum Gasteiger partial charge on any atom is 0.227 e. The maximum atomic E-state index is 10.2. The number of hydrogen-bond acceptors (Lipinski definition) is 9. The SMILES string of the molecule is CCC1CN(c2ccc(-c3ccnc(Nc4cc(O)c(OC)c(OC)c4)n3)cn2)CCN1. The van der Waals surface area contributed by atoms with Gasteiger partial charge < -0.3 is 30.1 Å². The number of nitrogens with zero attached hydrogens (tertiary/aromatic N) is 4. The minimum absolute atomic E-state index is 0.0384. The Kier molecular flexibility index (Phi) is 6.55. The molecule has 1 fully saturated rings. The summed E-state index contributed by atoms with van der Waals surface area (Å²) in [5, 5.41) is 16.8. The number of anilines is 3. The molecule has 2 aromatic heterocycles. The summed E-state index contributed by atoms with van der Waals surface area (Å²) in [5.74, 6) is 2.01. The Morgan fingerprint density at radius 2 is 2.06 bits per heavy atom. The zero-order valence-corrected chi connectivity index (χ0v) is 18.5. The van der Waals surface area contributed by atoms with Crippen molar-refractivity contribution >= 4 is 17.5 Å². The number of ether oxygens (including phenoxy) is 2. The second-order valence-corrected chi connectivity index (χ2v) is 7.53. The summed E-state index contributed by atoms with van der Waals surface area (Å²) in [4.78, 5) is 15.9. The number of phenols is 1. The van der Waals surface area contributed by atoms with Crippen molar-refractivity contribution in [3.63, 3.8) is 0 Å². The van der Waals surface area contributed by atoms with Crippen LogP contribution in [0.15, 0.2) is 42.7 Å². The summed E-state index contributed by atoms with van der Waals surface area (Å²) in [5.41, 5.74) is 2.23. The standard InChI is InChI=1S/C23H28N6O3/c1-4-16-14-29(10-9-24-16)21-6-5-15(13-26-21)18-7-8-25-23(28-18)27-17-11-19(30)22(32-3)20(12-17)31-2/h5-8,11-13,16,24,30H,4,9-10,14H2,1-3H3,(H,25,27,28). The highest BCUT2D eigenvalue weighted by Gasteiger charge is 2.19. The van der Waals surface area contributed by atoms with Crippen molar-refractivity contribution in [2.24, 2.45) is 0 Å². The van der Waals surface area contributed by atoms with Gasteiger partial charge in [-0.1, -0.05) is 6.92 Å². The summed E-state index contributed by atoms with van der Waals surface area (Å²) in [6.45, 7) is 5.07. The average Bonchev–Trinajstić information content (AvgIpc) is 2.84. The predicted molar refractivity (Wildman–Crippen MR) is 124 cm³/mol. The first-order valence-corrected chi connectivity index (χ1v) is 10.6. The molecule has 9 heteroatoms. The Hall–Kier alpha value is -3.59. The van der Waals surface area contributed by atoms with E-state index < -0.39 is 0 Å². The zero-order valence-electron chi connectivity index (χ0n) is 18.5. The van der Waals surface area contributed by atoms with Gasteiger partial charge in [0.25, 0.3) is 0 Å². The van der Waals surface area contributed by atoms with Gasteiger partial charge in [-0.2, -0.15) is 0 Å². The lowest BCUT2D eigenvalue weighted by molar-refractivity contribution is 0.333. The third kappa shape index (κ3) is 4.67. The van der Waals surface area contributed by atoms with E-state index in [1.54, 1.807) is 12.3 Å². The summed E-state index contributed by atoms with van der Waals surface area (Å²) in [6, 6.07) is 9.64. The van der Waals surface area contributed by atoms with E-state index in [-0.39, 0.29) is 11.5 Å². The van der Waals surface area contributed by atoms with Crippen LogP contribution < -0.4 is 25.0 Å². The molecule has 0 bridgehead atoms. The van der Waals surface area contributed by atoms with E-state index in [1.165, 1.54) is 20.3 Å². The van der Waals surface area contributed by atoms with Crippen LogP contribution in [0.4, 0.5) is 17.5 Å². The molecule has 0 saturated carbocycles. The zero-order chi connectivity index (χ0) is 22.5. The van der Waals surface area contributed by atoms with Gasteiger partial charge >= 0.3 is 0 Å². The minimum Gasteiger partial charge on any atom is -0.504 e. The Morgan fingerprint density at radius 3 is 2.78 bits per heavy atom. The normalized spacial score (nSPS) is 16.0. The van der Waals surface area contributed by atoms with Gasteiger partial charge in [0.2, 0.25) is 11.7 Å². The van der Waals surface area contributed by atoms with Gasteiger partial charge in [-0.05, 0) is 24.6 Å². The number of phenolic OH excluding ortho intramolecular Hbond substituents is 1. The number of methoxy groups -OCH3 is 2. The van der Waals surface area contributed by atoms with Crippen LogP contribution in [0, 0.1) is 0 Å². The molecule has 1 aromatic carbocycles. The number of nitrogens with one attached hydrogen (secondary N) is 2. The highest BCUT2D eigenvalue weighted by Crippen LogP contribution is 2.39.